The number of nitrogens with one attached hydrogen (secondary N) is 1. The van der Waals surface area contributed by atoms with Crippen molar-refractivity contribution in [2.45, 2.75) is 5.92 Å². The molecule has 1 fully saturated rings. The first-order valence-electron chi connectivity index (χ1n) is 7.31. The van der Waals surface area contributed by atoms with Crippen LogP contribution in [0.15, 0.2) is 45.8 Å². The summed E-state index contributed by atoms with van der Waals surface area (Å²) in [5.41, 5.74) is 0.492. The second-order valence-corrected chi connectivity index (χ2v) is 5.38. The Morgan fingerprint density at radius 3 is 2.83 bits per heavy atom. The highest BCUT2D eigenvalue weighted by atomic mass is 16.5. The number of carbonyl (C=O) groups excluding carboxylic acids is 1. The SMILES string of the molecule is O=C(c1ccc(=O)[nH]n1)N1CC(c2nc(-c3ccccn3)no2)C1. The van der Waals surface area contributed by atoms with Crippen molar-refractivity contribution in [1.82, 2.24) is 30.2 Å². The van der Waals surface area contributed by atoms with E-state index < -0.39 is 0 Å². The lowest BCUT2D eigenvalue weighted by molar-refractivity contribution is 0.0562. The topological polar surface area (TPSA) is 118 Å². The van der Waals surface area contributed by atoms with Gasteiger partial charge in [-0.25, -0.2) is 5.10 Å². The van der Waals surface area contributed by atoms with Crippen LogP contribution in [0, 0.1) is 0 Å². The number of nitrogens with zero attached hydrogens (tertiary/aromatic N) is 5. The molecule has 0 spiro atoms. The van der Waals surface area contributed by atoms with Crippen LogP contribution in [0.25, 0.3) is 11.5 Å². The normalized spacial score (nSPS) is 14.4. The number of hydrogen-bond donors (Lipinski definition) is 1. The van der Waals surface area contributed by atoms with Crippen molar-refractivity contribution in [1.29, 1.82) is 0 Å². The van der Waals surface area contributed by atoms with Gasteiger partial charge in [0.15, 0.2) is 0 Å². The summed E-state index contributed by atoms with van der Waals surface area (Å²) in [5, 5.41) is 9.90. The van der Waals surface area contributed by atoms with Gasteiger partial charge in [-0.1, -0.05) is 11.2 Å². The Kier molecular flexibility index (Phi) is 3.38. The molecule has 0 aromatic carbocycles. The first-order valence-corrected chi connectivity index (χ1v) is 7.31. The molecule has 4 heterocycles. The van der Waals surface area contributed by atoms with E-state index in [2.05, 4.69) is 25.3 Å². The molecule has 0 radical (unpaired) electrons. The zero-order valence-electron chi connectivity index (χ0n) is 12.4. The summed E-state index contributed by atoms with van der Waals surface area (Å²) in [5.74, 6) is 0.653. The maximum absolute atomic E-state index is 12.2. The zero-order chi connectivity index (χ0) is 16.5. The molecular weight excluding hydrogens is 312 g/mol. The Morgan fingerprint density at radius 2 is 2.12 bits per heavy atom. The molecule has 9 nitrogen and oxygen atoms in total. The first-order chi connectivity index (χ1) is 11.7. The predicted molar refractivity (Wildman–Crippen MR) is 81.0 cm³/mol. The molecule has 120 valence electrons. The highest BCUT2D eigenvalue weighted by molar-refractivity contribution is 5.92. The van der Waals surface area contributed by atoms with E-state index in [0.717, 1.165) is 0 Å². The van der Waals surface area contributed by atoms with E-state index in [4.69, 9.17) is 4.52 Å². The number of rotatable bonds is 3. The van der Waals surface area contributed by atoms with Gasteiger partial charge in [-0.05, 0) is 18.2 Å². The summed E-state index contributed by atoms with van der Waals surface area (Å²) in [7, 11) is 0. The Morgan fingerprint density at radius 1 is 1.25 bits per heavy atom. The Hall–Kier alpha value is -3.36. The number of hydrogen-bond acceptors (Lipinski definition) is 7. The van der Waals surface area contributed by atoms with Crippen LogP contribution in [0.2, 0.25) is 0 Å². The summed E-state index contributed by atoms with van der Waals surface area (Å²) in [6.07, 6.45) is 1.66. The number of pyridine rings is 1. The standard InChI is InChI=1S/C15H12N6O3/c22-12-5-4-11(18-19-12)15(23)21-7-9(8-21)14-17-13(20-24-14)10-3-1-2-6-16-10/h1-6,9H,7-8H2,(H,19,22). The van der Waals surface area contributed by atoms with Crippen molar-refractivity contribution < 1.29 is 9.32 Å². The highest BCUT2D eigenvalue weighted by Gasteiger charge is 2.36. The second kappa shape index (κ2) is 5.69. The van der Waals surface area contributed by atoms with Gasteiger partial charge in [0.2, 0.25) is 11.7 Å². The molecule has 9 heteroatoms. The van der Waals surface area contributed by atoms with E-state index in [0.29, 0.717) is 30.5 Å². The fourth-order valence-electron chi connectivity index (χ4n) is 2.43. The van der Waals surface area contributed by atoms with Crippen LogP contribution in [0.4, 0.5) is 0 Å². The van der Waals surface area contributed by atoms with E-state index in [1.807, 2.05) is 12.1 Å². The van der Waals surface area contributed by atoms with E-state index >= 15 is 0 Å². The third-order valence-electron chi connectivity index (χ3n) is 3.75. The van der Waals surface area contributed by atoms with Crippen LogP contribution in [0.1, 0.15) is 22.3 Å². The smallest absolute Gasteiger partial charge is 0.274 e. The number of amides is 1. The lowest BCUT2D eigenvalue weighted by Gasteiger charge is -2.36. The molecule has 1 aliphatic rings. The van der Waals surface area contributed by atoms with Gasteiger partial charge >= 0.3 is 0 Å². The quantitative estimate of drug-likeness (QED) is 0.743. The molecule has 0 aliphatic carbocycles. The molecule has 0 unspecified atom stereocenters. The number of carbonyl (C=O) groups is 1. The van der Waals surface area contributed by atoms with Crippen LogP contribution in [-0.2, 0) is 0 Å². The van der Waals surface area contributed by atoms with Gasteiger partial charge in [-0.15, -0.1) is 0 Å². The minimum Gasteiger partial charge on any atom is -0.338 e. The summed E-state index contributed by atoms with van der Waals surface area (Å²) >= 11 is 0. The summed E-state index contributed by atoms with van der Waals surface area (Å²) in [4.78, 5) is 33.3. The van der Waals surface area contributed by atoms with Crippen LogP contribution >= 0.6 is 0 Å². The summed E-state index contributed by atoms with van der Waals surface area (Å²) < 4.78 is 5.27. The van der Waals surface area contributed by atoms with Crippen molar-refractivity contribution in [2.75, 3.05) is 13.1 Å². The van der Waals surface area contributed by atoms with Crippen LogP contribution < -0.4 is 5.56 Å². The third-order valence-corrected chi connectivity index (χ3v) is 3.75. The van der Waals surface area contributed by atoms with E-state index in [1.165, 1.54) is 12.1 Å². The number of likely N-dealkylation sites (tertiary alicyclic amines) is 1. The van der Waals surface area contributed by atoms with Gasteiger partial charge < -0.3 is 9.42 Å². The highest BCUT2D eigenvalue weighted by Crippen LogP contribution is 2.28. The molecule has 1 aliphatic heterocycles. The predicted octanol–water partition coefficient (Wildman–Crippen LogP) is 0.454. The van der Waals surface area contributed by atoms with Gasteiger partial charge in [-0.3, -0.25) is 14.6 Å². The van der Waals surface area contributed by atoms with Crippen LogP contribution in [0.3, 0.4) is 0 Å². The largest absolute Gasteiger partial charge is 0.338 e. The van der Waals surface area contributed by atoms with Gasteiger partial charge in [0.05, 0.1) is 5.92 Å². The molecule has 0 bridgehead atoms. The lowest BCUT2D eigenvalue weighted by atomic mass is 9.99. The van der Waals surface area contributed by atoms with E-state index in [1.54, 1.807) is 17.2 Å². The summed E-state index contributed by atoms with van der Waals surface area (Å²) in [6.45, 7) is 0.924. The fourth-order valence-corrected chi connectivity index (χ4v) is 2.43. The maximum atomic E-state index is 12.2. The molecule has 1 saturated heterocycles. The fraction of sp³-hybridized carbons (Fsp3) is 0.200. The van der Waals surface area contributed by atoms with Gasteiger partial charge in [0, 0.05) is 25.4 Å². The average molecular weight is 324 g/mol. The van der Waals surface area contributed by atoms with Crippen molar-refractivity contribution in [3.05, 3.63) is 58.5 Å². The lowest BCUT2D eigenvalue weighted by Crippen LogP contribution is -2.49. The number of aromatic nitrogens is 5. The molecule has 1 N–H and O–H groups in total. The second-order valence-electron chi connectivity index (χ2n) is 5.38. The van der Waals surface area contributed by atoms with Crippen molar-refractivity contribution >= 4 is 5.91 Å². The molecule has 0 saturated carbocycles. The zero-order valence-corrected chi connectivity index (χ0v) is 12.4. The summed E-state index contributed by atoms with van der Waals surface area (Å²) in [6, 6.07) is 8.13. The van der Waals surface area contributed by atoms with Gasteiger partial charge in [-0.2, -0.15) is 10.1 Å². The van der Waals surface area contributed by atoms with Gasteiger partial charge in [0.25, 0.3) is 11.5 Å². The van der Waals surface area contributed by atoms with Gasteiger partial charge in [0.1, 0.15) is 11.4 Å². The molecule has 1 amide bonds. The van der Waals surface area contributed by atoms with E-state index in [-0.39, 0.29) is 23.1 Å². The van der Waals surface area contributed by atoms with Crippen molar-refractivity contribution in [2.24, 2.45) is 0 Å². The van der Waals surface area contributed by atoms with Crippen LogP contribution in [0.5, 0.6) is 0 Å². The number of H-pyrrole nitrogens is 1. The molecular formula is C15H12N6O3. The Bertz CT molecular complexity index is 909. The minimum atomic E-state index is -0.346. The average Bonchev–Trinajstić information content (AvgIpc) is 3.04. The molecule has 0 atom stereocenters. The van der Waals surface area contributed by atoms with Crippen molar-refractivity contribution in [3.8, 4) is 11.5 Å². The minimum absolute atomic E-state index is 0.0123. The Balaban J connectivity index is 1.43. The number of aromatic amines is 1. The van der Waals surface area contributed by atoms with Crippen LogP contribution in [-0.4, -0.2) is 49.2 Å². The molecule has 3 aromatic heterocycles. The van der Waals surface area contributed by atoms with Crippen molar-refractivity contribution in [3.63, 3.8) is 0 Å². The molecule has 3 aromatic rings. The maximum Gasteiger partial charge on any atom is 0.274 e. The first kappa shape index (κ1) is 14.2. The molecule has 24 heavy (non-hydrogen) atoms. The third kappa shape index (κ3) is 2.56. The Labute approximate surface area is 135 Å². The van der Waals surface area contributed by atoms with E-state index in [9.17, 15) is 9.59 Å². The molecule has 4 rings (SSSR count). The monoisotopic (exact) mass is 324 g/mol.